The molecular formula is C17H20ClF3N4O2. The highest BCUT2D eigenvalue weighted by Crippen LogP contribution is 2.34. The summed E-state index contributed by atoms with van der Waals surface area (Å²) in [6.45, 7) is 1.96. The highest BCUT2D eigenvalue weighted by molar-refractivity contribution is 5.94. The third-order valence-electron chi connectivity index (χ3n) is 4.18. The molecule has 1 aliphatic rings. The standard InChI is InChI=1S/C17H19F3N4O2.ClH/c1-10-8-15(22-16(25)14-7-6-11(9-21)26-14)24(23-10)13-5-3-2-4-12(13)17(18,19)20;/h2-5,8,11,14H,6-7,9,21H2,1H3,(H,22,25);1H/t11-,14+;/m1./s1. The molecule has 2 heterocycles. The lowest BCUT2D eigenvalue weighted by Crippen LogP contribution is -2.30. The molecule has 1 saturated heterocycles. The summed E-state index contributed by atoms with van der Waals surface area (Å²) in [5.41, 5.74) is 5.02. The number of hydrogen-bond acceptors (Lipinski definition) is 4. The third-order valence-corrected chi connectivity index (χ3v) is 4.18. The number of rotatable bonds is 4. The lowest BCUT2D eigenvalue weighted by atomic mass is 10.1. The van der Waals surface area contributed by atoms with E-state index in [1.165, 1.54) is 24.3 Å². The van der Waals surface area contributed by atoms with E-state index in [0.717, 1.165) is 10.7 Å². The van der Waals surface area contributed by atoms with Crippen molar-refractivity contribution in [2.75, 3.05) is 11.9 Å². The lowest BCUT2D eigenvalue weighted by Gasteiger charge is -2.16. The third kappa shape index (κ3) is 4.60. The quantitative estimate of drug-likeness (QED) is 0.820. The van der Waals surface area contributed by atoms with Gasteiger partial charge in [0.2, 0.25) is 0 Å². The first kappa shape index (κ1) is 21.2. The number of carbonyl (C=O) groups is 1. The summed E-state index contributed by atoms with van der Waals surface area (Å²) in [5.74, 6) is -0.268. The fraction of sp³-hybridized carbons (Fsp3) is 0.412. The highest BCUT2D eigenvalue weighted by Gasteiger charge is 2.35. The number of hydrogen-bond donors (Lipinski definition) is 2. The number of anilines is 1. The number of nitrogens with two attached hydrogens (primary N) is 1. The summed E-state index contributed by atoms with van der Waals surface area (Å²) in [6.07, 6.45) is -4.21. The minimum atomic E-state index is -4.54. The molecule has 0 bridgehead atoms. The van der Waals surface area contributed by atoms with Gasteiger partial charge in [-0.05, 0) is 31.9 Å². The van der Waals surface area contributed by atoms with Crippen molar-refractivity contribution in [1.82, 2.24) is 9.78 Å². The zero-order valence-corrected chi connectivity index (χ0v) is 15.3. The summed E-state index contributed by atoms with van der Waals surface area (Å²) in [4.78, 5) is 12.4. The summed E-state index contributed by atoms with van der Waals surface area (Å²) in [7, 11) is 0. The van der Waals surface area contributed by atoms with E-state index in [4.69, 9.17) is 10.5 Å². The van der Waals surface area contributed by atoms with Crippen LogP contribution in [-0.4, -0.2) is 34.4 Å². The van der Waals surface area contributed by atoms with Gasteiger partial charge in [0.15, 0.2) is 0 Å². The van der Waals surface area contributed by atoms with Gasteiger partial charge in [-0.15, -0.1) is 12.4 Å². The largest absolute Gasteiger partial charge is 0.418 e. The van der Waals surface area contributed by atoms with Crippen LogP contribution in [0.5, 0.6) is 0 Å². The van der Waals surface area contributed by atoms with Gasteiger partial charge < -0.3 is 15.8 Å². The van der Waals surface area contributed by atoms with Crippen molar-refractivity contribution in [2.45, 2.75) is 38.1 Å². The average Bonchev–Trinajstić information content (AvgIpc) is 3.20. The number of amides is 1. The number of aromatic nitrogens is 2. The van der Waals surface area contributed by atoms with E-state index in [0.29, 0.717) is 25.1 Å². The first-order valence-corrected chi connectivity index (χ1v) is 8.19. The van der Waals surface area contributed by atoms with Gasteiger partial charge >= 0.3 is 6.18 Å². The predicted octanol–water partition coefficient (Wildman–Crippen LogP) is 3.07. The SMILES string of the molecule is Cc1cc(NC(=O)[C@@H]2CC[C@H](CN)O2)n(-c2ccccc2C(F)(F)F)n1.Cl. The number of para-hydroxylation sites is 1. The van der Waals surface area contributed by atoms with Crippen molar-refractivity contribution >= 4 is 24.1 Å². The lowest BCUT2D eigenvalue weighted by molar-refractivity contribution is -0.137. The second-order valence-electron chi connectivity index (χ2n) is 6.15. The van der Waals surface area contributed by atoms with Crippen LogP contribution in [0.15, 0.2) is 30.3 Å². The maximum absolute atomic E-state index is 13.3. The number of ether oxygens (including phenoxy) is 1. The van der Waals surface area contributed by atoms with E-state index in [-0.39, 0.29) is 30.0 Å². The van der Waals surface area contributed by atoms with Crippen LogP contribution in [-0.2, 0) is 15.7 Å². The van der Waals surface area contributed by atoms with Gasteiger partial charge in [-0.25, -0.2) is 4.68 Å². The number of halogens is 4. The molecule has 0 saturated carbocycles. The van der Waals surface area contributed by atoms with Crippen LogP contribution in [0.3, 0.4) is 0 Å². The second kappa shape index (κ2) is 8.28. The minimum absolute atomic E-state index is 0. The Kier molecular flexibility index (Phi) is 6.50. The van der Waals surface area contributed by atoms with Crippen molar-refractivity contribution in [1.29, 1.82) is 0 Å². The summed E-state index contributed by atoms with van der Waals surface area (Å²) in [6, 6.07) is 6.59. The molecule has 1 fully saturated rings. The molecule has 1 aliphatic heterocycles. The Balaban J connectivity index is 0.00000261. The summed E-state index contributed by atoms with van der Waals surface area (Å²) >= 11 is 0. The van der Waals surface area contributed by atoms with Crippen molar-refractivity contribution in [3.8, 4) is 5.69 Å². The molecule has 27 heavy (non-hydrogen) atoms. The molecule has 1 amide bonds. The Morgan fingerprint density at radius 2 is 2.07 bits per heavy atom. The number of nitrogens with zero attached hydrogens (tertiary/aromatic N) is 2. The van der Waals surface area contributed by atoms with E-state index in [2.05, 4.69) is 10.4 Å². The van der Waals surface area contributed by atoms with Gasteiger partial charge in [0.1, 0.15) is 11.9 Å². The number of aryl methyl sites for hydroxylation is 1. The minimum Gasteiger partial charge on any atom is -0.364 e. The molecule has 6 nitrogen and oxygen atoms in total. The summed E-state index contributed by atoms with van der Waals surface area (Å²) < 4.78 is 46.5. The van der Waals surface area contributed by atoms with E-state index in [1.807, 2.05) is 0 Å². The Morgan fingerprint density at radius 1 is 1.37 bits per heavy atom. The van der Waals surface area contributed by atoms with Crippen molar-refractivity contribution in [3.63, 3.8) is 0 Å². The van der Waals surface area contributed by atoms with Gasteiger partial charge in [-0.1, -0.05) is 12.1 Å². The Bertz CT molecular complexity index is 810. The van der Waals surface area contributed by atoms with Crippen LogP contribution in [0.2, 0.25) is 0 Å². The number of alkyl halides is 3. The van der Waals surface area contributed by atoms with E-state index in [9.17, 15) is 18.0 Å². The molecule has 2 atom stereocenters. The molecule has 3 N–H and O–H groups in total. The van der Waals surface area contributed by atoms with Crippen molar-refractivity contribution < 1.29 is 22.7 Å². The molecule has 2 aromatic rings. The smallest absolute Gasteiger partial charge is 0.364 e. The first-order chi connectivity index (χ1) is 12.3. The molecular weight excluding hydrogens is 385 g/mol. The van der Waals surface area contributed by atoms with Crippen LogP contribution in [0, 0.1) is 6.92 Å². The maximum atomic E-state index is 13.3. The van der Waals surface area contributed by atoms with Gasteiger partial charge in [-0.2, -0.15) is 18.3 Å². The van der Waals surface area contributed by atoms with Gasteiger partial charge in [0, 0.05) is 12.6 Å². The molecule has 0 spiro atoms. The molecule has 0 unspecified atom stereocenters. The molecule has 10 heteroatoms. The fourth-order valence-corrected chi connectivity index (χ4v) is 2.95. The predicted molar refractivity (Wildman–Crippen MR) is 96.1 cm³/mol. The number of carbonyl (C=O) groups excluding carboxylic acids is 1. The molecule has 1 aromatic carbocycles. The fourth-order valence-electron chi connectivity index (χ4n) is 2.95. The highest BCUT2D eigenvalue weighted by atomic mass is 35.5. The zero-order chi connectivity index (χ0) is 18.9. The Labute approximate surface area is 160 Å². The first-order valence-electron chi connectivity index (χ1n) is 8.19. The van der Waals surface area contributed by atoms with E-state index < -0.39 is 23.8 Å². The van der Waals surface area contributed by atoms with Crippen molar-refractivity contribution in [2.24, 2.45) is 5.73 Å². The maximum Gasteiger partial charge on any atom is 0.418 e. The topological polar surface area (TPSA) is 82.2 Å². The van der Waals surface area contributed by atoms with Crippen LogP contribution < -0.4 is 11.1 Å². The number of benzene rings is 1. The van der Waals surface area contributed by atoms with E-state index in [1.54, 1.807) is 6.92 Å². The van der Waals surface area contributed by atoms with E-state index >= 15 is 0 Å². The average molecular weight is 405 g/mol. The number of nitrogens with one attached hydrogen (secondary N) is 1. The van der Waals surface area contributed by atoms with Gasteiger partial charge in [-0.3, -0.25) is 4.79 Å². The Morgan fingerprint density at radius 3 is 2.70 bits per heavy atom. The molecule has 3 rings (SSSR count). The normalized spacial score (nSPS) is 19.6. The van der Waals surface area contributed by atoms with Crippen LogP contribution in [0.25, 0.3) is 5.69 Å². The monoisotopic (exact) mass is 404 g/mol. The molecule has 148 valence electrons. The van der Waals surface area contributed by atoms with Crippen LogP contribution in [0.4, 0.5) is 19.0 Å². The second-order valence-corrected chi connectivity index (χ2v) is 6.15. The Hall–Kier alpha value is -2.10. The molecule has 1 aromatic heterocycles. The zero-order valence-electron chi connectivity index (χ0n) is 14.5. The van der Waals surface area contributed by atoms with Gasteiger partial charge in [0.25, 0.3) is 5.91 Å². The summed E-state index contributed by atoms with van der Waals surface area (Å²) in [5, 5.41) is 6.73. The molecule has 0 radical (unpaired) electrons. The van der Waals surface area contributed by atoms with Gasteiger partial charge in [0.05, 0.1) is 23.0 Å². The molecule has 0 aliphatic carbocycles. The van der Waals surface area contributed by atoms with Crippen LogP contribution >= 0.6 is 12.4 Å². The van der Waals surface area contributed by atoms with Crippen molar-refractivity contribution in [3.05, 3.63) is 41.6 Å². The van der Waals surface area contributed by atoms with Crippen LogP contribution in [0.1, 0.15) is 24.1 Å².